The summed E-state index contributed by atoms with van der Waals surface area (Å²) in [6.07, 6.45) is 1.76. The molecule has 1 amide bonds. The molecule has 0 aromatic heterocycles. The molecule has 8 nitrogen and oxygen atoms in total. The average Bonchev–Trinajstić information content (AvgIpc) is 2.91. The maximum Gasteiger partial charge on any atom is 0.251 e. The van der Waals surface area contributed by atoms with E-state index in [9.17, 15) is 4.79 Å². The molecule has 34 heavy (non-hydrogen) atoms. The molecule has 184 valence electrons. The number of hydrogen-bond acceptors (Lipinski definition) is 7. The van der Waals surface area contributed by atoms with E-state index in [2.05, 4.69) is 10.2 Å². The molecule has 0 spiro atoms. The molecule has 2 aromatic carbocycles. The van der Waals surface area contributed by atoms with Crippen LogP contribution in [-0.4, -0.2) is 76.6 Å². The van der Waals surface area contributed by atoms with Crippen molar-refractivity contribution in [3.63, 3.8) is 0 Å². The molecule has 2 aliphatic heterocycles. The Bertz CT molecular complexity index is 915. The van der Waals surface area contributed by atoms with Crippen LogP contribution in [0.5, 0.6) is 17.2 Å². The number of nitrogens with zero attached hydrogens (tertiary/aromatic N) is 1. The van der Waals surface area contributed by atoms with Crippen LogP contribution in [0.3, 0.4) is 0 Å². The summed E-state index contributed by atoms with van der Waals surface area (Å²) in [6, 6.07) is 13.3. The van der Waals surface area contributed by atoms with E-state index in [1.807, 2.05) is 30.3 Å². The van der Waals surface area contributed by atoms with Crippen LogP contribution in [0.1, 0.15) is 28.8 Å². The van der Waals surface area contributed by atoms with Gasteiger partial charge in [0.05, 0.1) is 27.4 Å². The molecule has 2 saturated heterocycles. The second-order valence-corrected chi connectivity index (χ2v) is 8.60. The number of rotatable bonds is 9. The van der Waals surface area contributed by atoms with Crippen LogP contribution in [-0.2, 0) is 16.1 Å². The predicted molar refractivity (Wildman–Crippen MR) is 128 cm³/mol. The van der Waals surface area contributed by atoms with Gasteiger partial charge in [-0.25, -0.2) is 0 Å². The van der Waals surface area contributed by atoms with Crippen LogP contribution in [0.2, 0.25) is 0 Å². The Morgan fingerprint density at radius 1 is 0.971 bits per heavy atom. The minimum absolute atomic E-state index is 0.120. The minimum atomic E-state index is -0.176. The molecule has 0 radical (unpaired) electrons. The second kappa shape index (κ2) is 11.6. The van der Waals surface area contributed by atoms with Gasteiger partial charge in [0.2, 0.25) is 5.75 Å². The van der Waals surface area contributed by atoms with E-state index in [1.54, 1.807) is 26.4 Å². The zero-order valence-corrected chi connectivity index (χ0v) is 20.0. The Morgan fingerprint density at radius 3 is 2.21 bits per heavy atom. The summed E-state index contributed by atoms with van der Waals surface area (Å²) in [5.74, 6) is 1.20. The molecule has 0 bridgehead atoms. The molecule has 2 aromatic rings. The monoisotopic (exact) mass is 470 g/mol. The van der Waals surface area contributed by atoms with Gasteiger partial charge in [-0.05, 0) is 30.5 Å². The smallest absolute Gasteiger partial charge is 0.251 e. The Labute approximate surface area is 201 Å². The van der Waals surface area contributed by atoms with Crippen molar-refractivity contribution in [1.82, 2.24) is 10.2 Å². The topological polar surface area (TPSA) is 78.5 Å². The molecule has 8 heteroatoms. The fourth-order valence-corrected chi connectivity index (χ4v) is 4.62. The highest BCUT2D eigenvalue weighted by molar-refractivity contribution is 5.95. The molecule has 1 N–H and O–H groups in total. The Kier molecular flexibility index (Phi) is 8.26. The third-order valence-corrected chi connectivity index (χ3v) is 6.63. The zero-order chi connectivity index (χ0) is 23.8. The standard InChI is InChI=1S/C26H34N2O6/c1-30-22-16-21(17-23(31-2)24(22)34-18-20-6-4-3-5-7-20)25(29)27-19-26(8-12-32-13-9-26)28-10-14-33-15-11-28/h3-7,16-17H,8-15,18-19H2,1-2H3,(H,27,29). The number of nitrogens with one attached hydrogen (secondary N) is 1. The van der Waals surface area contributed by atoms with Crippen LogP contribution in [0.25, 0.3) is 0 Å². The summed E-state index contributed by atoms with van der Waals surface area (Å²) in [5, 5.41) is 3.16. The van der Waals surface area contributed by atoms with E-state index in [0.717, 1.165) is 44.7 Å². The number of carbonyl (C=O) groups excluding carboxylic acids is 1. The maximum absolute atomic E-state index is 13.2. The van der Waals surface area contributed by atoms with Crippen LogP contribution in [0.4, 0.5) is 0 Å². The van der Waals surface area contributed by atoms with Gasteiger partial charge in [0.1, 0.15) is 6.61 Å². The molecule has 0 saturated carbocycles. The van der Waals surface area contributed by atoms with Gasteiger partial charge in [-0.3, -0.25) is 9.69 Å². The van der Waals surface area contributed by atoms with Gasteiger partial charge in [0, 0.05) is 44.0 Å². The number of amides is 1. The van der Waals surface area contributed by atoms with Crippen LogP contribution >= 0.6 is 0 Å². The SMILES string of the molecule is COc1cc(C(=O)NCC2(N3CCOCC3)CCOCC2)cc(OC)c1OCc1ccccc1. The summed E-state index contributed by atoms with van der Waals surface area (Å²) in [5.41, 5.74) is 1.37. The zero-order valence-electron chi connectivity index (χ0n) is 20.0. The number of benzene rings is 2. The summed E-state index contributed by atoms with van der Waals surface area (Å²) in [4.78, 5) is 15.6. The van der Waals surface area contributed by atoms with Crippen LogP contribution in [0.15, 0.2) is 42.5 Å². The van der Waals surface area contributed by atoms with Crippen LogP contribution < -0.4 is 19.5 Å². The first-order valence-electron chi connectivity index (χ1n) is 11.8. The van der Waals surface area contributed by atoms with E-state index in [0.29, 0.717) is 49.2 Å². The molecular formula is C26H34N2O6. The molecular weight excluding hydrogens is 436 g/mol. The third-order valence-electron chi connectivity index (χ3n) is 6.63. The van der Waals surface area contributed by atoms with Gasteiger partial charge < -0.3 is 29.0 Å². The van der Waals surface area contributed by atoms with Gasteiger partial charge in [-0.2, -0.15) is 0 Å². The Hall–Kier alpha value is -2.81. The second-order valence-electron chi connectivity index (χ2n) is 8.60. The largest absolute Gasteiger partial charge is 0.493 e. The maximum atomic E-state index is 13.2. The lowest BCUT2D eigenvalue weighted by Crippen LogP contribution is -2.61. The number of methoxy groups -OCH3 is 2. The average molecular weight is 471 g/mol. The van der Waals surface area contributed by atoms with Gasteiger partial charge in [-0.15, -0.1) is 0 Å². The minimum Gasteiger partial charge on any atom is -0.493 e. The van der Waals surface area contributed by atoms with Crippen molar-refractivity contribution in [3.8, 4) is 17.2 Å². The Morgan fingerprint density at radius 2 is 1.59 bits per heavy atom. The molecule has 2 heterocycles. The fourth-order valence-electron chi connectivity index (χ4n) is 4.62. The first-order valence-corrected chi connectivity index (χ1v) is 11.8. The predicted octanol–water partition coefficient (Wildman–Crippen LogP) is 2.89. The number of morpholine rings is 1. The van der Waals surface area contributed by atoms with Crippen molar-refractivity contribution >= 4 is 5.91 Å². The molecule has 2 fully saturated rings. The molecule has 0 unspecified atom stereocenters. The lowest BCUT2D eigenvalue weighted by Gasteiger charge is -2.47. The van der Waals surface area contributed by atoms with E-state index >= 15 is 0 Å². The van der Waals surface area contributed by atoms with Crippen molar-refractivity contribution in [1.29, 1.82) is 0 Å². The van der Waals surface area contributed by atoms with Crippen LogP contribution in [0, 0.1) is 0 Å². The molecule has 4 rings (SSSR count). The first-order chi connectivity index (χ1) is 16.6. The van der Waals surface area contributed by atoms with Gasteiger partial charge >= 0.3 is 0 Å². The number of hydrogen-bond donors (Lipinski definition) is 1. The van der Waals surface area contributed by atoms with E-state index < -0.39 is 0 Å². The van der Waals surface area contributed by atoms with Crippen molar-refractivity contribution in [3.05, 3.63) is 53.6 Å². The van der Waals surface area contributed by atoms with E-state index in [-0.39, 0.29) is 11.4 Å². The highest BCUT2D eigenvalue weighted by Crippen LogP contribution is 2.39. The normalized spacial score (nSPS) is 18.2. The first kappa shape index (κ1) is 24.3. The fraction of sp³-hybridized carbons (Fsp3) is 0.500. The highest BCUT2D eigenvalue weighted by Gasteiger charge is 2.39. The van der Waals surface area contributed by atoms with Gasteiger partial charge in [0.25, 0.3) is 5.91 Å². The molecule has 0 atom stereocenters. The van der Waals surface area contributed by atoms with E-state index in [4.69, 9.17) is 23.7 Å². The van der Waals surface area contributed by atoms with Crippen molar-refractivity contribution in [2.45, 2.75) is 25.0 Å². The number of ether oxygens (including phenoxy) is 5. The summed E-state index contributed by atoms with van der Waals surface area (Å²) < 4.78 is 28.3. The molecule has 2 aliphatic rings. The van der Waals surface area contributed by atoms with Crippen molar-refractivity contribution in [2.24, 2.45) is 0 Å². The Balaban J connectivity index is 1.48. The summed E-state index contributed by atoms with van der Waals surface area (Å²) in [7, 11) is 3.11. The quantitative estimate of drug-likeness (QED) is 0.604. The van der Waals surface area contributed by atoms with Crippen molar-refractivity contribution < 1.29 is 28.5 Å². The van der Waals surface area contributed by atoms with Crippen molar-refractivity contribution in [2.75, 3.05) is 60.3 Å². The summed E-state index contributed by atoms with van der Waals surface area (Å²) >= 11 is 0. The number of carbonyl (C=O) groups is 1. The molecule has 0 aliphatic carbocycles. The highest BCUT2D eigenvalue weighted by atomic mass is 16.5. The van der Waals surface area contributed by atoms with Gasteiger partial charge in [-0.1, -0.05) is 30.3 Å². The lowest BCUT2D eigenvalue weighted by atomic mass is 9.87. The lowest BCUT2D eigenvalue weighted by molar-refractivity contribution is -0.0693. The third kappa shape index (κ3) is 5.63. The van der Waals surface area contributed by atoms with E-state index in [1.165, 1.54) is 0 Å². The van der Waals surface area contributed by atoms with Gasteiger partial charge in [0.15, 0.2) is 11.5 Å². The summed E-state index contributed by atoms with van der Waals surface area (Å²) in [6.45, 7) is 5.47.